The van der Waals surface area contributed by atoms with Gasteiger partial charge in [-0.25, -0.2) is 0 Å². The lowest BCUT2D eigenvalue weighted by Crippen LogP contribution is -2.18. The Morgan fingerprint density at radius 3 is 2.80 bits per heavy atom. The molecule has 0 spiro atoms. The summed E-state index contributed by atoms with van der Waals surface area (Å²) in [6, 6.07) is 7.50. The third-order valence-corrected chi connectivity index (χ3v) is 2.47. The summed E-state index contributed by atoms with van der Waals surface area (Å²) in [5, 5.41) is 18.0. The van der Waals surface area contributed by atoms with Crippen LogP contribution in [0.2, 0.25) is 5.02 Å². The molecule has 0 aliphatic rings. The van der Waals surface area contributed by atoms with Gasteiger partial charge in [-0.1, -0.05) is 17.7 Å². The van der Waals surface area contributed by atoms with E-state index in [1.54, 1.807) is 6.07 Å². The van der Waals surface area contributed by atoms with Crippen molar-refractivity contribution in [3.63, 3.8) is 0 Å². The Balaban J connectivity index is 2.81. The lowest BCUT2D eigenvalue weighted by atomic mass is 10.2. The summed E-state index contributed by atoms with van der Waals surface area (Å²) < 4.78 is 0. The Bertz CT molecular complexity index is 373. The van der Waals surface area contributed by atoms with Gasteiger partial charge in [0.1, 0.15) is 0 Å². The summed E-state index contributed by atoms with van der Waals surface area (Å²) in [5.74, 6) is 0. The first kappa shape index (κ1) is 11.8. The molecule has 1 aromatic carbocycles. The minimum atomic E-state index is -0.0120. The highest BCUT2D eigenvalue weighted by Gasteiger charge is 2.06. The Kier molecular flexibility index (Phi) is 4.41. The highest BCUT2D eigenvalue weighted by Crippen LogP contribution is 2.26. The number of nitriles is 1. The smallest absolute Gasteiger partial charge is 0.0682 e. The maximum Gasteiger partial charge on any atom is 0.0682 e. The van der Waals surface area contributed by atoms with E-state index in [0.29, 0.717) is 18.0 Å². The van der Waals surface area contributed by atoms with E-state index in [4.69, 9.17) is 22.0 Å². The van der Waals surface area contributed by atoms with E-state index in [9.17, 15) is 0 Å². The normalized spacial score (nSPS) is 9.73. The van der Waals surface area contributed by atoms with Crippen LogP contribution < -0.4 is 4.90 Å². The van der Waals surface area contributed by atoms with Crippen molar-refractivity contribution in [3.8, 4) is 6.07 Å². The van der Waals surface area contributed by atoms with Gasteiger partial charge in [0.2, 0.25) is 0 Å². The van der Waals surface area contributed by atoms with Gasteiger partial charge in [0.25, 0.3) is 0 Å². The summed E-state index contributed by atoms with van der Waals surface area (Å²) in [6.45, 7) is 0.636. The second-order valence-corrected chi connectivity index (χ2v) is 3.68. The van der Waals surface area contributed by atoms with E-state index < -0.39 is 0 Å². The molecule has 0 fully saturated rings. The zero-order valence-electron chi connectivity index (χ0n) is 8.57. The van der Waals surface area contributed by atoms with Crippen LogP contribution in [0.4, 0.5) is 5.69 Å². The molecule has 3 nitrogen and oxygen atoms in total. The van der Waals surface area contributed by atoms with E-state index in [2.05, 4.69) is 6.07 Å². The van der Waals surface area contributed by atoms with Gasteiger partial charge < -0.3 is 10.0 Å². The average Bonchev–Trinajstić information content (AvgIpc) is 2.25. The van der Waals surface area contributed by atoms with E-state index in [1.165, 1.54) is 0 Å². The van der Waals surface area contributed by atoms with Crippen LogP contribution in [-0.4, -0.2) is 18.7 Å². The van der Waals surface area contributed by atoms with Gasteiger partial charge in [-0.2, -0.15) is 5.26 Å². The number of aliphatic hydroxyl groups is 1. The predicted molar refractivity (Wildman–Crippen MR) is 60.9 cm³/mol. The Hall–Kier alpha value is -1.24. The molecule has 0 saturated heterocycles. The van der Waals surface area contributed by atoms with Crippen molar-refractivity contribution in [3.05, 3.63) is 28.8 Å². The molecule has 0 aliphatic carbocycles. The fourth-order valence-corrected chi connectivity index (χ4v) is 1.64. The van der Waals surface area contributed by atoms with Gasteiger partial charge in [-0.05, 0) is 17.7 Å². The average molecular weight is 225 g/mol. The zero-order chi connectivity index (χ0) is 11.3. The van der Waals surface area contributed by atoms with Crippen LogP contribution in [0.1, 0.15) is 12.0 Å². The molecule has 0 unspecified atom stereocenters. The van der Waals surface area contributed by atoms with Crippen LogP contribution in [-0.2, 0) is 6.61 Å². The van der Waals surface area contributed by atoms with Crippen LogP contribution in [0.3, 0.4) is 0 Å². The standard InChI is InChI=1S/C11H13ClN2O/c1-14(6-2-5-13)11-4-3-9(8-15)7-10(11)12/h3-4,7,15H,2,6,8H2,1H3. The quantitative estimate of drug-likeness (QED) is 0.853. The number of hydrogen-bond donors (Lipinski definition) is 1. The SMILES string of the molecule is CN(CCC#N)c1ccc(CO)cc1Cl. The molecule has 80 valence electrons. The molecule has 1 aromatic rings. The number of anilines is 1. The van der Waals surface area contributed by atoms with E-state index in [0.717, 1.165) is 11.3 Å². The zero-order valence-corrected chi connectivity index (χ0v) is 9.33. The topological polar surface area (TPSA) is 47.3 Å². The molecule has 0 atom stereocenters. The molecular formula is C11H13ClN2O. The second-order valence-electron chi connectivity index (χ2n) is 3.27. The van der Waals surface area contributed by atoms with E-state index in [-0.39, 0.29) is 6.61 Å². The van der Waals surface area contributed by atoms with Gasteiger partial charge in [0.15, 0.2) is 0 Å². The molecule has 1 rings (SSSR count). The first-order chi connectivity index (χ1) is 7.19. The van der Waals surface area contributed by atoms with E-state index >= 15 is 0 Å². The van der Waals surface area contributed by atoms with Crippen molar-refractivity contribution < 1.29 is 5.11 Å². The largest absolute Gasteiger partial charge is 0.392 e. The van der Waals surface area contributed by atoms with Gasteiger partial charge in [-0.15, -0.1) is 0 Å². The van der Waals surface area contributed by atoms with Crippen molar-refractivity contribution in [1.82, 2.24) is 0 Å². The number of rotatable bonds is 4. The minimum Gasteiger partial charge on any atom is -0.392 e. The van der Waals surface area contributed by atoms with Gasteiger partial charge in [0, 0.05) is 13.6 Å². The van der Waals surface area contributed by atoms with Gasteiger partial charge >= 0.3 is 0 Å². The van der Waals surface area contributed by atoms with Crippen LogP contribution in [0.5, 0.6) is 0 Å². The van der Waals surface area contributed by atoms with Crippen molar-refractivity contribution in [2.24, 2.45) is 0 Å². The molecule has 0 saturated carbocycles. The molecule has 0 heterocycles. The molecule has 4 heteroatoms. The number of nitrogens with zero attached hydrogens (tertiary/aromatic N) is 2. The summed E-state index contributed by atoms with van der Waals surface area (Å²) in [7, 11) is 1.89. The molecule has 0 aliphatic heterocycles. The fraction of sp³-hybridized carbons (Fsp3) is 0.364. The predicted octanol–water partition coefficient (Wildman–Crippen LogP) is 2.18. The molecule has 0 radical (unpaired) electrons. The third kappa shape index (κ3) is 3.12. The Morgan fingerprint density at radius 2 is 2.27 bits per heavy atom. The molecule has 15 heavy (non-hydrogen) atoms. The van der Waals surface area contributed by atoms with Crippen molar-refractivity contribution >= 4 is 17.3 Å². The number of hydrogen-bond acceptors (Lipinski definition) is 3. The van der Waals surface area contributed by atoms with E-state index in [1.807, 2.05) is 24.1 Å². The summed E-state index contributed by atoms with van der Waals surface area (Å²) in [4.78, 5) is 1.92. The summed E-state index contributed by atoms with van der Waals surface area (Å²) >= 11 is 6.05. The summed E-state index contributed by atoms with van der Waals surface area (Å²) in [6.07, 6.45) is 0.467. The maximum absolute atomic E-state index is 8.92. The number of halogens is 1. The van der Waals surface area contributed by atoms with Gasteiger partial charge in [0.05, 0.1) is 29.8 Å². The minimum absolute atomic E-state index is 0.0120. The number of benzene rings is 1. The molecule has 0 bridgehead atoms. The van der Waals surface area contributed by atoms with Crippen molar-refractivity contribution in [1.29, 1.82) is 5.26 Å². The maximum atomic E-state index is 8.92. The lowest BCUT2D eigenvalue weighted by Gasteiger charge is -2.19. The monoisotopic (exact) mass is 224 g/mol. The van der Waals surface area contributed by atoms with Gasteiger partial charge in [-0.3, -0.25) is 0 Å². The second kappa shape index (κ2) is 5.59. The summed E-state index contributed by atoms with van der Waals surface area (Å²) in [5.41, 5.74) is 1.67. The molecule has 0 amide bonds. The first-order valence-corrected chi connectivity index (χ1v) is 5.04. The van der Waals surface area contributed by atoms with Crippen LogP contribution >= 0.6 is 11.6 Å². The highest BCUT2D eigenvalue weighted by molar-refractivity contribution is 6.33. The number of aliphatic hydroxyl groups excluding tert-OH is 1. The molecule has 0 aromatic heterocycles. The highest BCUT2D eigenvalue weighted by atomic mass is 35.5. The lowest BCUT2D eigenvalue weighted by molar-refractivity contribution is 0.282. The Morgan fingerprint density at radius 1 is 1.53 bits per heavy atom. The Labute approximate surface area is 94.5 Å². The van der Waals surface area contributed by atoms with Crippen LogP contribution in [0.15, 0.2) is 18.2 Å². The molecule has 1 N–H and O–H groups in total. The van der Waals surface area contributed by atoms with Crippen LogP contribution in [0, 0.1) is 11.3 Å². The molecular weight excluding hydrogens is 212 g/mol. The van der Waals surface area contributed by atoms with Crippen LogP contribution in [0.25, 0.3) is 0 Å². The van der Waals surface area contributed by atoms with Crippen molar-refractivity contribution in [2.45, 2.75) is 13.0 Å². The fourth-order valence-electron chi connectivity index (χ4n) is 1.30. The third-order valence-electron chi connectivity index (χ3n) is 2.16. The first-order valence-electron chi connectivity index (χ1n) is 4.66. The van der Waals surface area contributed by atoms with Crippen molar-refractivity contribution in [2.75, 3.05) is 18.5 Å².